The number of methoxy groups -OCH3 is 1. The van der Waals surface area contributed by atoms with Crippen molar-refractivity contribution in [1.82, 2.24) is 0 Å². The van der Waals surface area contributed by atoms with Gasteiger partial charge in [-0.05, 0) is 19.9 Å². The summed E-state index contributed by atoms with van der Waals surface area (Å²) in [5.41, 5.74) is 6.21. The molecule has 16 heavy (non-hydrogen) atoms. The number of anilines is 1. The minimum atomic E-state index is -0.506. The SMILES string of the molecule is COc1cc(Cl)cc(C(=O)OC(C)C)c1N. The van der Waals surface area contributed by atoms with Crippen LogP contribution in [0.25, 0.3) is 0 Å². The molecule has 0 aliphatic heterocycles. The number of ether oxygens (including phenoxy) is 2. The number of nitrogens with two attached hydrogens (primary N) is 1. The fourth-order valence-electron chi connectivity index (χ4n) is 1.21. The number of halogens is 1. The molecule has 0 fully saturated rings. The molecule has 0 atom stereocenters. The van der Waals surface area contributed by atoms with Crippen molar-refractivity contribution in [3.63, 3.8) is 0 Å². The average molecular weight is 244 g/mol. The zero-order valence-electron chi connectivity index (χ0n) is 9.41. The Balaban J connectivity index is 3.12. The second-order valence-electron chi connectivity index (χ2n) is 3.52. The second kappa shape index (κ2) is 5.07. The van der Waals surface area contributed by atoms with Gasteiger partial charge in [0.05, 0.1) is 24.5 Å². The Bertz CT molecular complexity index is 404. The number of hydrogen-bond acceptors (Lipinski definition) is 4. The van der Waals surface area contributed by atoms with E-state index >= 15 is 0 Å². The molecule has 0 spiro atoms. The highest BCUT2D eigenvalue weighted by Crippen LogP contribution is 2.30. The number of hydrogen-bond donors (Lipinski definition) is 1. The van der Waals surface area contributed by atoms with Crippen molar-refractivity contribution < 1.29 is 14.3 Å². The van der Waals surface area contributed by atoms with Crippen LogP contribution >= 0.6 is 11.6 Å². The summed E-state index contributed by atoms with van der Waals surface area (Å²) in [4.78, 5) is 11.7. The third kappa shape index (κ3) is 2.79. The monoisotopic (exact) mass is 243 g/mol. The number of rotatable bonds is 3. The molecular weight excluding hydrogens is 230 g/mol. The van der Waals surface area contributed by atoms with Crippen LogP contribution in [0.15, 0.2) is 12.1 Å². The highest BCUT2D eigenvalue weighted by atomic mass is 35.5. The van der Waals surface area contributed by atoms with Crippen LogP contribution in [0, 0.1) is 0 Å². The molecule has 88 valence electrons. The summed E-state index contributed by atoms with van der Waals surface area (Å²) >= 11 is 5.84. The predicted octanol–water partition coefficient (Wildman–Crippen LogP) is 2.50. The molecule has 0 saturated heterocycles. The zero-order chi connectivity index (χ0) is 12.3. The van der Waals surface area contributed by atoms with Crippen LogP contribution in [0.3, 0.4) is 0 Å². The van der Waals surface area contributed by atoms with Gasteiger partial charge in [-0.15, -0.1) is 0 Å². The molecule has 0 radical (unpaired) electrons. The Morgan fingerprint density at radius 3 is 2.56 bits per heavy atom. The van der Waals surface area contributed by atoms with E-state index in [-0.39, 0.29) is 17.4 Å². The number of esters is 1. The first-order chi connectivity index (χ1) is 7.45. The summed E-state index contributed by atoms with van der Waals surface area (Å²) in [5.74, 6) is -0.142. The maximum Gasteiger partial charge on any atom is 0.340 e. The molecule has 4 nitrogen and oxygen atoms in total. The van der Waals surface area contributed by atoms with Crippen molar-refractivity contribution in [2.75, 3.05) is 12.8 Å². The van der Waals surface area contributed by atoms with E-state index in [4.69, 9.17) is 26.8 Å². The smallest absolute Gasteiger partial charge is 0.340 e. The van der Waals surface area contributed by atoms with Crippen LogP contribution < -0.4 is 10.5 Å². The lowest BCUT2D eigenvalue weighted by molar-refractivity contribution is 0.0379. The maximum atomic E-state index is 11.7. The van der Waals surface area contributed by atoms with Crippen LogP contribution in [0.5, 0.6) is 5.75 Å². The van der Waals surface area contributed by atoms with Crippen molar-refractivity contribution in [2.45, 2.75) is 20.0 Å². The summed E-state index contributed by atoms with van der Waals surface area (Å²) in [7, 11) is 1.46. The fourth-order valence-corrected chi connectivity index (χ4v) is 1.42. The fraction of sp³-hybridized carbons (Fsp3) is 0.364. The quantitative estimate of drug-likeness (QED) is 0.655. The molecule has 5 heteroatoms. The van der Waals surface area contributed by atoms with Gasteiger partial charge in [-0.2, -0.15) is 0 Å². The lowest BCUT2D eigenvalue weighted by Gasteiger charge is -2.12. The molecule has 0 aliphatic rings. The van der Waals surface area contributed by atoms with Gasteiger partial charge >= 0.3 is 5.97 Å². The van der Waals surface area contributed by atoms with Crippen molar-refractivity contribution in [2.24, 2.45) is 0 Å². The van der Waals surface area contributed by atoms with Crippen molar-refractivity contribution in [1.29, 1.82) is 0 Å². The van der Waals surface area contributed by atoms with Crippen LogP contribution in [-0.4, -0.2) is 19.2 Å². The summed E-state index contributed by atoms with van der Waals surface area (Å²) in [6.45, 7) is 3.52. The van der Waals surface area contributed by atoms with E-state index in [9.17, 15) is 4.79 Å². The highest BCUT2D eigenvalue weighted by molar-refractivity contribution is 6.31. The molecule has 1 aromatic carbocycles. The van der Waals surface area contributed by atoms with E-state index < -0.39 is 5.97 Å². The topological polar surface area (TPSA) is 61.5 Å². The molecule has 0 saturated carbocycles. The van der Waals surface area contributed by atoms with Gasteiger partial charge in [0.1, 0.15) is 5.75 Å². The highest BCUT2D eigenvalue weighted by Gasteiger charge is 2.17. The van der Waals surface area contributed by atoms with Crippen molar-refractivity contribution in [3.05, 3.63) is 22.7 Å². The largest absolute Gasteiger partial charge is 0.495 e. The Hall–Kier alpha value is -1.42. The second-order valence-corrected chi connectivity index (χ2v) is 3.96. The van der Waals surface area contributed by atoms with E-state index in [0.717, 1.165) is 0 Å². The average Bonchev–Trinajstić information content (AvgIpc) is 2.19. The molecule has 1 rings (SSSR count). The minimum absolute atomic E-state index is 0.211. The molecular formula is C11H14ClNO3. The third-order valence-corrected chi connectivity index (χ3v) is 2.11. The summed E-state index contributed by atoms with van der Waals surface area (Å²) < 4.78 is 10.0. The first-order valence-electron chi connectivity index (χ1n) is 4.79. The van der Waals surface area contributed by atoms with E-state index in [1.54, 1.807) is 19.9 Å². The van der Waals surface area contributed by atoms with Gasteiger partial charge in [0.25, 0.3) is 0 Å². The van der Waals surface area contributed by atoms with Crippen LogP contribution in [0.1, 0.15) is 24.2 Å². The molecule has 0 unspecified atom stereocenters. The Labute approximate surface area is 99.3 Å². The predicted molar refractivity (Wildman–Crippen MR) is 63.0 cm³/mol. The van der Waals surface area contributed by atoms with Crippen LogP contribution in [0.2, 0.25) is 5.02 Å². The molecule has 0 amide bonds. The standard InChI is InChI=1S/C11H14ClNO3/c1-6(2)16-11(14)8-4-7(12)5-9(15-3)10(8)13/h4-6H,13H2,1-3H3. The first kappa shape index (κ1) is 12.6. The van der Waals surface area contributed by atoms with Gasteiger partial charge in [0.2, 0.25) is 0 Å². The number of benzene rings is 1. The maximum absolute atomic E-state index is 11.7. The number of carbonyl (C=O) groups excluding carboxylic acids is 1. The van der Waals surface area contributed by atoms with Gasteiger partial charge in [-0.3, -0.25) is 0 Å². The molecule has 0 aliphatic carbocycles. The number of nitrogen functional groups attached to an aromatic ring is 1. The molecule has 0 bridgehead atoms. The van der Waals surface area contributed by atoms with Crippen molar-refractivity contribution >= 4 is 23.3 Å². The summed E-state index contributed by atoms with van der Waals surface area (Å²) in [6, 6.07) is 3.01. The lowest BCUT2D eigenvalue weighted by Crippen LogP contribution is -2.14. The lowest BCUT2D eigenvalue weighted by atomic mass is 10.1. The normalized spacial score (nSPS) is 10.3. The van der Waals surface area contributed by atoms with E-state index in [1.807, 2.05) is 0 Å². The van der Waals surface area contributed by atoms with Crippen LogP contribution in [0.4, 0.5) is 5.69 Å². The Kier molecular flexibility index (Phi) is 4.01. The van der Waals surface area contributed by atoms with Gasteiger partial charge < -0.3 is 15.2 Å². The molecule has 2 N–H and O–H groups in total. The van der Waals surface area contributed by atoms with Crippen molar-refractivity contribution in [3.8, 4) is 5.75 Å². The Morgan fingerprint density at radius 2 is 2.06 bits per heavy atom. The summed E-state index contributed by atoms with van der Waals surface area (Å²) in [5, 5.41) is 0.377. The zero-order valence-corrected chi connectivity index (χ0v) is 10.2. The third-order valence-electron chi connectivity index (χ3n) is 1.89. The molecule has 1 aromatic rings. The van der Waals surface area contributed by atoms with Gasteiger partial charge in [0.15, 0.2) is 0 Å². The molecule has 0 heterocycles. The van der Waals surface area contributed by atoms with Crippen LogP contribution in [-0.2, 0) is 4.74 Å². The van der Waals surface area contributed by atoms with Gasteiger partial charge in [0, 0.05) is 11.1 Å². The van der Waals surface area contributed by atoms with Gasteiger partial charge in [-0.25, -0.2) is 4.79 Å². The Morgan fingerprint density at radius 1 is 1.44 bits per heavy atom. The summed E-state index contributed by atoms with van der Waals surface area (Å²) in [6.07, 6.45) is -0.211. The van der Waals surface area contributed by atoms with Gasteiger partial charge in [-0.1, -0.05) is 11.6 Å². The minimum Gasteiger partial charge on any atom is -0.495 e. The number of carbonyl (C=O) groups is 1. The molecule has 0 aromatic heterocycles. The van der Waals surface area contributed by atoms with E-state index in [1.165, 1.54) is 13.2 Å². The van der Waals surface area contributed by atoms with E-state index in [0.29, 0.717) is 10.8 Å². The van der Waals surface area contributed by atoms with E-state index in [2.05, 4.69) is 0 Å². The first-order valence-corrected chi connectivity index (χ1v) is 5.17.